The molecule has 0 saturated carbocycles. The maximum atomic E-state index is 11.6. The highest BCUT2D eigenvalue weighted by Gasteiger charge is 2.17. The number of hydrogen-bond donors (Lipinski definition) is 2. The molecular weight excluding hydrogens is 242 g/mol. The molecule has 1 amide bonds. The number of halogens is 1. The summed E-state index contributed by atoms with van der Waals surface area (Å²) >= 11 is 6.00. The highest BCUT2D eigenvalue weighted by atomic mass is 35.5. The molecule has 0 saturated heterocycles. The summed E-state index contributed by atoms with van der Waals surface area (Å²) in [6, 6.07) is 6.95. The standard InChI is InChI=1S/C12H16ClNO3/c1-8(15)7-14-12(16)11(13)9-3-5-10(17-2)6-4-9/h3-6,8,11,15H,7H2,1-2H3,(H,14,16). The van der Waals surface area contributed by atoms with Crippen molar-refractivity contribution in [1.82, 2.24) is 5.32 Å². The summed E-state index contributed by atoms with van der Waals surface area (Å²) in [7, 11) is 1.57. The molecule has 0 aliphatic heterocycles. The number of nitrogens with one attached hydrogen (secondary N) is 1. The van der Waals surface area contributed by atoms with Crippen molar-refractivity contribution in [2.45, 2.75) is 18.4 Å². The molecule has 0 radical (unpaired) electrons. The number of ether oxygens (including phenoxy) is 1. The predicted molar refractivity (Wildman–Crippen MR) is 66.3 cm³/mol. The second-order valence-electron chi connectivity index (χ2n) is 3.73. The molecule has 4 nitrogen and oxygen atoms in total. The van der Waals surface area contributed by atoms with Crippen molar-refractivity contribution in [2.75, 3.05) is 13.7 Å². The van der Waals surface area contributed by atoms with Crippen molar-refractivity contribution in [3.8, 4) is 5.75 Å². The van der Waals surface area contributed by atoms with Gasteiger partial charge in [-0.1, -0.05) is 12.1 Å². The van der Waals surface area contributed by atoms with Crippen LogP contribution in [0.4, 0.5) is 0 Å². The summed E-state index contributed by atoms with van der Waals surface area (Å²) in [5.74, 6) is 0.389. The Hall–Kier alpha value is -1.26. The quantitative estimate of drug-likeness (QED) is 0.786. The minimum absolute atomic E-state index is 0.193. The van der Waals surface area contributed by atoms with E-state index in [0.29, 0.717) is 11.3 Å². The topological polar surface area (TPSA) is 58.6 Å². The Morgan fingerprint density at radius 1 is 1.47 bits per heavy atom. The second-order valence-corrected chi connectivity index (χ2v) is 4.17. The van der Waals surface area contributed by atoms with Crippen LogP contribution in [0, 0.1) is 0 Å². The van der Waals surface area contributed by atoms with Crippen molar-refractivity contribution in [2.24, 2.45) is 0 Å². The van der Waals surface area contributed by atoms with E-state index < -0.39 is 11.5 Å². The van der Waals surface area contributed by atoms with Gasteiger partial charge in [-0.25, -0.2) is 0 Å². The number of hydrogen-bond acceptors (Lipinski definition) is 3. The minimum atomic E-state index is -0.764. The zero-order valence-corrected chi connectivity index (χ0v) is 10.6. The van der Waals surface area contributed by atoms with Crippen LogP contribution < -0.4 is 10.1 Å². The van der Waals surface area contributed by atoms with Crippen LogP contribution in [0.1, 0.15) is 17.9 Å². The molecule has 5 heteroatoms. The van der Waals surface area contributed by atoms with Crippen LogP contribution in [-0.2, 0) is 4.79 Å². The largest absolute Gasteiger partial charge is 0.497 e. The van der Waals surface area contributed by atoms with Gasteiger partial charge in [-0.3, -0.25) is 4.79 Å². The van der Waals surface area contributed by atoms with Gasteiger partial charge >= 0.3 is 0 Å². The van der Waals surface area contributed by atoms with Gasteiger partial charge < -0.3 is 15.2 Å². The lowest BCUT2D eigenvalue weighted by molar-refractivity contribution is -0.121. The Morgan fingerprint density at radius 2 is 2.06 bits per heavy atom. The molecule has 0 aromatic heterocycles. The zero-order chi connectivity index (χ0) is 12.8. The molecule has 2 unspecified atom stereocenters. The summed E-state index contributed by atoms with van der Waals surface area (Å²) in [6.07, 6.45) is -0.585. The fourth-order valence-electron chi connectivity index (χ4n) is 1.26. The van der Waals surface area contributed by atoms with Crippen LogP contribution in [-0.4, -0.2) is 30.8 Å². The van der Waals surface area contributed by atoms with Gasteiger partial charge in [0.1, 0.15) is 11.1 Å². The van der Waals surface area contributed by atoms with E-state index in [-0.39, 0.29) is 12.5 Å². The first-order valence-electron chi connectivity index (χ1n) is 5.28. The molecule has 2 atom stereocenters. The molecule has 0 heterocycles. The van der Waals surface area contributed by atoms with E-state index in [1.165, 1.54) is 0 Å². The van der Waals surface area contributed by atoms with Crippen molar-refractivity contribution < 1.29 is 14.6 Å². The second kappa shape index (κ2) is 6.47. The first kappa shape index (κ1) is 13.8. The number of benzene rings is 1. The molecule has 0 bridgehead atoms. The van der Waals surface area contributed by atoms with E-state index in [1.807, 2.05) is 0 Å². The van der Waals surface area contributed by atoms with Crippen LogP contribution >= 0.6 is 11.6 Å². The number of rotatable bonds is 5. The van der Waals surface area contributed by atoms with Crippen molar-refractivity contribution in [3.05, 3.63) is 29.8 Å². The maximum absolute atomic E-state index is 11.6. The monoisotopic (exact) mass is 257 g/mol. The highest BCUT2D eigenvalue weighted by Crippen LogP contribution is 2.22. The Kier molecular flexibility index (Phi) is 5.25. The predicted octanol–water partition coefficient (Wildman–Crippen LogP) is 1.47. The van der Waals surface area contributed by atoms with E-state index in [9.17, 15) is 4.79 Å². The zero-order valence-electron chi connectivity index (χ0n) is 9.81. The van der Waals surface area contributed by atoms with E-state index in [2.05, 4.69) is 5.32 Å². The third-order valence-electron chi connectivity index (χ3n) is 2.21. The van der Waals surface area contributed by atoms with Gasteiger partial charge in [-0.05, 0) is 24.6 Å². The summed E-state index contributed by atoms with van der Waals surface area (Å²) in [5.41, 5.74) is 0.690. The van der Waals surface area contributed by atoms with E-state index in [4.69, 9.17) is 21.4 Å². The summed E-state index contributed by atoms with van der Waals surface area (Å²) < 4.78 is 5.01. The number of carbonyl (C=O) groups excluding carboxylic acids is 1. The normalized spacial score (nSPS) is 13.9. The SMILES string of the molecule is COc1ccc(C(Cl)C(=O)NCC(C)O)cc1. The summed E-state index contributed by atoms with van der Waals surface area (Å²) in [5, 5.41) is 10.8. The lowest BCUT2D eigenvalue weighted by Crippen LogP contribution is -2.32. The van der Waals surface area contributed by atoms with Crippen LogP contribution in [0.15, 0.2) is 24.3 Å². The Bertz CT molecular complexity index is 365. The maximum Gasteiger partial charge on any atom is 0.242 e. The van der Waals surface area contributed by atoms with Crippen LogP contribution in [0.3, 0.4) is 0 Å². The third kappa shape index (κ3) is 4.24. The minimum Gasteiger partial charge on any atom is -0.497 e. The lowest BCUT2D eigenvalue weighted by Gasteiger charge is -2.12. The molecule has 0 aliphatic rings. The average molecular weight is 258 g/mol. The van der Waals surface area contributed by atoms with Crippen LogP contribution in [0.5, 0.6) is 5.75 Å². The Labute approximate surface area is 106 Å². The fraction of sp³-hybridized carbons (Fsp3) is 0.417. The van der Waals surface area contributed by atoms with E-state index >= 15 is 0 Å². The molecule has 1 aromatic carbocycles. The average Bonchev–Trinajstić information content (AvgIpc) is 2.35. The molecule has 0 fully saturated rings. The van der Waals surface area contributed by atoms with Crippen molar-refractivity contribution in [1.29, 1.82) is 0 Å². The van der Waals surface area contributed by atoms with Crippen molar-refractivity contribution in [3.63, 3.8) is 0 Å². The molecule has 0 spiro atoms. The highest BCUT2D eigenvalue weighted by molar-refractivity contribution is 6.30. The van der Waals surface area contributed by atoms with E-state index in [0.717, 1.165) is 0 Å². The van der Waals surface area contributed by atoms with Gasteiger partial charge in [-0.2, -0.15) is 0 Å². The van der Waals surface area contributed by atoms with E-state index in [1.54, 1.807) is 38.3 Å². The molecule has 94 valence electrons. The van der Waals surface area contributed by atoms with Gasteiger partial charge in [0.25, 0.3) is 0 Å². The summed E-state index contributed by atoms with van der Waals surface area (Å²) in [4.78, 5) is 11.6. The number of methoxy groups -OCH3 is 1. The number of aliphatic hydroxyl groups is 1. The first-order chi connectivity index (χ1) is 8.04. The third-order valence-corrected chi connectivity index (χ3v) is 2.66. The smallest absolute Gasteiger partial charge is 0.242 e. The number of amides is 1. The molecule has 2 N–H and O–H groups in total. The fourth-order valence-corrected chi connectivity index (χ4v) is 1.48. The van der Waals surface area contributed by atoms with Gasteiger partial charge in [0.05, 0.1) is 13.2 Å². The molecule has 1 rings (SSSR count). The van der Waals surface area contributed by atoms with Gasteiger partial charge in [0.2, 0.25) is 5.91 Å². The number of alkyl halides is 1. The van der Waals surface area contributed by atoms with Crippen LogP contribution in [0.25, 0.3) is 0 Å². The van der Waals surface area contributed by atoms with Gasteiger partial charge in [-0.15, -0.1) is 11.6 Å². The van der Waals surface area contributed by atoms with Gasteiger partial charge in [0, 0.05) is 6.54 Å². The number of aliphatic hydroxyl groups excluding tert-OH is 1. The number of carbonyl (C=O) groups is 1. The Balaban J connectivity index is 2.61. The summed E-state index contributed by atoms with van der Waals surface area (Å²) in [6.45, 7) is 1.79. The Morgan fingerprint density at radius 3 is 2.53 bits per heavy atom. The first-order valence-corrected chi connectivity index (χ1v) is 5.72. The molecule has 17 heavy (non-hydrogen) atoms. The molecule has 0 aliphatic carbocycles. The molecular formula is C12H16ClNO3. The van der Waals surface area contributed by atoms with Crippen LogP contribution in [0.2, 0.25) is 0 Å². The van der Waals surface area contributed by atoms with Gasteiger partial charge in [0.15, 0.2) is 0 Å². The lowest BCUT2D eigenvalue weighted by atomic mass is 10.1. The molecule has 1 aromatic rings. The van der Waals surface area contributed by atoms with Crippen molar-refractivity contribution >= 4 is 17.5 Å².